The smallest absolute Gasteiger partial charge is 0.247 e. The average Bonchev–Trinajstić information content (AvgIpc) is 2.91. The average molecular weight is 550 g/mol. The predicted molar refractivity (Wildman–Crippen MR) is 149 cm³/mol. The second-order valence-corrected chi connectivity index (χ2v) is 10.9. The molecule has 0 radical (unpaired) electrons. The summed E-state index contributed by atoms with van der Waals surface area (Å²) >= 11 is 5.90. The van der Waals surface area contributed by atoms with Gasteiger partial charge in [0, 0.05) is 36.0 Å². The molecule has 2 aliphatic heterocycles. The van der Waals surface area contributed by atoms with Gasteiger partial charge in [-0.25, -0.2) is 8.78 Å². The van der Waals surface area contributed by atoms with Gasteiger partial charge < -0.3 is 10.2 Å². The van der Waals surface area contributed by atoms with Crippen molar-refractivity contribution in [2.45, 2.75) is 45.6 Å². The van der Waals surface area contributed by atoms with E-state index >= 15 is 0 Å². The summed E-state index contributed by atoms with van der Waals surface area (Å²) in [5, 5.41) is 2.94. The predicted octanol–water partition coefficient (Wildman–Crippen LogP) is 7.43. The van der Waals surface area contributed by atoms with Crippen LogP contribution in [0.25, 0.3) is 16.7 Å². The third-order valence-corrected chi connectivity index (χ3v) is 7.99. The molecule has 8 heteroatoms. The van der Waals surface area contributed by atoms with Crippen molar-refractivity contribution in [3.63, 3.8) is 0 Å². The molecule has 0 spiro atoms. The van der Waals surface area contributed by atoms with E-state index in [1.165, 1.54) is 12.1 Å². The lowest BCUT2D eigenvalue weighted by atomic mass is 9.87. The van der Waals surface area contributed by atoms with E-state index in [1.54, 1.807) is 11.1 Å². The highest BCUT2D eigenvalue weighted by Crippen LogP contribution is 2.37. The van der Waals surface area contributed by atoms with Gasteiger partial charge in [0.1, 0.15) is 5.82 Å². The molecule has 2 bridgehead atoms. The van der Waals surface area contributed by atoms with Gasteiger partial charge in [0.05, 0.1) is 22.3 Å². The van der Waals surface area contributed by atoms with Crippen molar-refractivity contribution in [1.29, 1.82) is 0 Å². The first-order valence-electron chi connectivity index (χ1n) is 13.3. The van der Waals surface area contributed by atoms with E-state index in [0.717, 1.165) is 28.6 Å². The zero-order chi connectivity index (χ0) is 27.7. The Morgan fingerprint density at radius 3 is 2.64 bits per heavy atom. The molecule has 2 atom stereocenters. The molecule has 0 aliphatic carbocycles. The van der Waals surface area contributed by atoms with E-state index in [2.05, 4.69) is 10.3 Å². The fourth-order valence-electron chi connectivity index (χ4n) is 5.61. The molecule has 2 amide bonds. The maximum absolute atomic E-state index is 14.7. The van der Waals surface area contributed by atoms with Crippen molar-refractivity contribution in [2.75, 3.05) is 11.9 Å². The Morgan fingerprint density at radius 2 is 1.87 bits per heavy atom. The SMILES string of the molecule is CC(C)C1CCC[C@H](N2CCC(c3c(F)ccc(Cl)c3F)=CC2=O)c2cc(ccn2)-c2ccccc2NC1=O. The number of para-hydroxylation sites is 1. The number of carbonyl (C=O) groups excluding carboxylic acids is 2. The van der Waals surface area contributed by atoms with Crippen LogP contribution in [0.4, 0.5) is 14.5 Å². The van der Waals surface area contributed by atoms with Gasteiger partial charge in [-0.1, -0.05) is 50.1 Å². The Bertz CT molecular complexity index is 1460. The molecule has 5 rings (SSSR count). The molecule has 2 aromatic carbocycles. The summed E-state index contributed by atoms with van der Waals surface area (Å²) in [5.41, 5.74) is 3.25. The fraction of sp³-hybridized carbons (Fsp3) is 0.323. The van der Waals surface area contributed by atoms with E-state index < -0.39 is 11.6 Å². The lowest BCUT2D eigenvalue weighted by molar-refractivity contribution is -0.129. The zero-order valence-corrected chi connectivity index (χ0v) is 22.6. The number of hydrogen-bond acceptors (Lipinski definition) is 3. The fourth-order valence-corrected chi connectivity index (χ4v) is 5.77. The minimum absolute atomic E-state index is 0.0175. The zero-order valence-electron chi connectivity index (χ0n) is 21.9. The number of fused-ring (bicyclic) bond motifs is 4. The first kappa shape index (κ1) is 27.0. The highest BCUT2D eigenvalue weighted by Gasteiger charge is 2.32. The van der Waals surface area contributed by atoms with Gasteiger partial charge in [-0.3, -0.25) is 14.6 Å². The van der Waals surface area contributed by atoms with Gasteiger partial charge in [0.2, 0.25) is 11.8 Å². The summed E-state index contributed by atoms with van der Waals surface area (Å²) in [4.78, 5) is 33.1. The van der Waals surface area contributed by atoms with Gasteiger partial charge in [0.25, 0.3) is 0 Å². The number of amides is 2. The Balaban J connectivity index is 1.54. The Morgan fingerprint density at radius 1 is 1.08 bits per heavy atom. The maximum Gasteiger partial charge on any atom is 0.247 e. The molecule has 1 N–H and O–H groups in total. The van der Waals surface area contributed by atoms with Crippen LogP contribution in [0, 0.1) is 23.5 Å². The van der Waals surface area contributed by atoms with Crippen molar-refractivity contribution in [2.24, 2.45) is 11.8 Å². The van der Waals surface area contributed by atoms with Crippen LogP contribution in [0.5, 0.6) is 0 Å². The third kappa shape index (κ3) is 5.46. The Hall–Kier alpha value is -3.58. The summed E-state index contributed by atoms with van der Waals surface area (Å²) in [7, 11) is 0. The highest BCUT2D eigenvalue weighted by molar-refractivity contribution is 6.31. The molecular formula is C31H30ClF2N3O2. The standard InChI is InChI=1S/C31H30ClF2N3O2/c1-18(2)21-7-5-9-27(26-16-19(12-14-35-26)22-6-3-4-8-25(22)36-31(21)39)37-15-13-20(17-28(37)38)29-24(33)11-10-23(32)30(29)34/h3-4,6,8,10-12,14,16-18,21,27H,5,7,9,13,15H2,1-2H3,(H,36,39)/t21?,27-/m0/s1. The number of anilines is 1. The van der Waals surface area contributed by atoms with E-state index in [9.17, 15) is 18.4 Å². The molecule has 1 aromatic heterocycles. The van der Waals surface area contributed by atoms with Crippen LogP contribution in [0.2, 0.25) is 5.02 Å². The summed E-state index contributed by atoms with van der Waals surface area (Å²) in [5.74, 6) is -2.02. The monoisotopic (exact) mass is 549 g/mol. The quantitative estimate of drug-likeness (QED) is 0.345. The van der Waals surface area contributed by atoms with Crippen molar-refractivity contribution in [3.05, 3.63) is 88.7 Å². The number of aromatic nitrogens is 1. The molecule has 202 valence electrons. The minimum atomic E-state index is -0.860. The second-order valence-electron chi connectivity index (χ2n) is 10.5. The van der Waals surface area contributed by atoms with E-state index in [-0.39, 0.29) is 58.8 Å². The first-order chi connectivity index (χ1) is 18.7. The van der Waals surface area contributed by atoms with E-state index in [0.29, 0.717) is 19.3 Å². The largest absolute Gasteiger partial charge is 0.330 e. The van der Waals surface area contributed by atoms with Gasteiger partial charge in [-0.2, -0.15) is 0 Å². The van der Waals surface area contributed by atoms with Crippen molar-refractivity contribution in [1.82, 2.24) is 9.88 Å². The van der Waals surface area contributed by atoms with Crippen LogP contribution < -0.4 is 5.32 Å². The number of nitrogens with zero attached hydrogens (tertiary/aromatic N) is 2. The number of carbonyl (C=O) groups is 2. The Kier molecular flexibility index (Phi) is 7.80. The van der Waals surface area contributed by atoms with E-state index in [1.807, 2.05) is 50.2 Å². The van der Waals surface area contributed by atoms with Gasteiger partial charge in [0.15, 0.2) is 5.82 Å². The normalized spacial score (nSPS) is 20.1. The first-order valence-corrected chi connectivity index (χ1v) is 13.6. The molecule has 3 aromatic rings. The van der Waals surface area contributed by atoms with Gasteiger partial charge in [-0.15, -0.1) is 0 Å². The molecular weight excluding hydrogens is 520 g/mol. The number of rotatable bonds is 3. The van der Waals surface area contributed by atoms with Crippen LogP contribution in [-0.4, -0.2) is 28.2 Å². The van der Waals surface area contributed by atoms with Crippen LogP contribution in [0.3, 0.4) is 0 Å². The Labute approximate surface area is 231 Å². The molecule has 1 unspecified atom stereocenters. The van der Waals surface area contributed by atoms with Gasteiger partial charge in [-0.05, 0) is 66.6 Å². The minimum Gasteiger partial charge on any atom is -0.330 e. The van der Waals surface area contributed by atoms with Crippen LogP contribution in [0.1, 0.15) is 56.8 Å². The van der Waals surface area contributed by atoms with Crippen molar-refractivity contribution >= 4 is 34.7 Å². The third-order valence-electron chi connectivity index (χ3n) is 7.70. The van der Waals surface area contributed by atoms with E-state index in [4.69, 9.17) is 11.6 Å². The topological polar surface area (TPSA) is 62.3 Å². The number of pyridine rings is 1. The number of hydrogen-bond donors (Lipinski definition) is 1. The molecule has 0 saturated heterocycles. The molecule has 2 aliphatic rings. The highest BCUT2D eigenvalue weighted by atomic mass is 35.5. The molecule has 0 saturated carbocycles. The molecule has 39 heavy (non-hydrogen) atoms. The van der Waals surface area contributed by atoms with Crippen LogP contribution >= 0.6 is 11.6 Å². The van der Waals surface area contributed by atoms with Crippen molar-refractivity contribution in [3.8, 4) is 11.1 Å². The van der Waals surface area contributed by atoms with Crippen LogP contribution in [-0.2, 0) is 9.59 Å². The summed E-state index contributed by atoms with van der Waals surface area (Å²) in [6, 6.07) is 13.4. The number of nitrogens with one attached hydrogen (secondary N) is 1. The summed E-state index contributed by atoms with van der Waals surface area (Å²) in [6.45, 7) is 4.35. The number of benzene rings is 2. The number of halogens is 3. The van der Waals surface area contributed by atoms with Gasteiger partial charge >= 0.3 is 0 Å². The summed E-state index contributed by atoms with van der Waals surface area (Å²) < 4.78 is 29.2. The van der Waals surface area contributed by atoms with Crippen LogP contribution in [0.15, 0.2) is 60.8 Å². The van der Waals surface area contributed by atoms with Crippen molar-refractivity contribution < 1.29 is 18.4 Å². The summed E-state index contributed by atoms with van der Waals surface area (Å²) in [6.07, 6.45) is 5.25. The lowest BCUT2D eigenvalue weighted by Gasteiger charge is -2.35. The molecule has 3 heterocycles. The molecule has 5 nitrogen and oxygen atoms in total. The molecule has 0 fully saturated rings. The second kappa shape index (κ2) is 11.3. The lowest BCUT2D eigenvalue weighted by Crippen LogP contribution is -2.38. The maximum atomic E-state index is 14.7.